The van der Waals surface area contributed by atoms with Gasteiger partial charge in [-0.25, -0.2) is 0 Å². The minimum Gasteiger partial charge on any atom is -0.352 e. The topological polar surface area (TPSA) is 58.4 Å². The van der Waals surface area contributed by atoms with Gasteiger partial charge in [0, 0.05) is 18.5 Å². The second-order valence-corrected chi connectivity index (χ2v) is 5.45. The van der Waals surface area contributed by atoms with Crippen LogP contribution in [0.1, 0.15) is 33.6 Å². The SMILES string of the molecule is CC(CCCN)C(=O)NC(CN(C)C)C(C)C. The Kier molecular flexibility index (Phi) is 8.17. The van der Waals surface area contributed by atoms with Crippen LogP contribution in [0.2, 0.25) is 0 Å². The van der Waals surface area contributed by atoms with E-state index in [2.05, 4.69) is 24.1 Å². The first kappa shape index (κ1) is 16.4. The van der Waals surface area contributed by atoms with Crippen LogP contribution in [0.4, 0.5) is 0 Å². The lowest BCUT2D eigenvalue weighted by Crippen LogP contribution is -2.46. The molecular weight excluding hydrogens is 214 g/mol. The maximum absolute atomic E-state index is 12.0. The molecule has 2 atom stereocenters. The first-order valence-electron chi connectivity index (χ1n) is 6.53. The number of hydrogen-bond donors (Lipinski definition) is 2. The maximum Gasteiger partial charge on any atom is 0.223 e. The summed E-state index contributed by atoms with van der Waals surface area (Å²) in [6.07, 6.45) is 1.78. The van der Waals surface area contributed by atoms with Crippen molar-refractivity contribution in [2.45, 2.75) is 39.7 Å². The Labute approximate surface area is 106 Å². The number of amides is 1. The maximum atomic E-state index is 12.0. The van der Waals surface area contributed by atoms with Crippen molar-refractivity contribution < 1.29 is 4.79 Å². The highest BCUT2D eigenvalue weighted by atomic mass is 16.1. The molecule has 0 heterocycles. The van der Waals surface area contributed by atoms with Gasteiger partial charge in [0.2, 0.25) is 5.91 Å². The zero-order valence-electron chi connectivity index (χ0n) is 12.0. The molecule has 0 fully saturated rings. The molecule has 0 spiro atoms. The van der Waals surface area contributed by atoms with Gasteiger partial charge in [0.25, 0.3) is 0 Å². The van der Waals surface area contributed by atoms with Gasteiger partial charge < -0.3 is 16.0 Å². The lowest BCUT2D eigenvalue weighted by atomic mass is 10.0. The van der Waals surface area contributed by atoms with Crippen LogP contribution in [-0.2, 0) is 4.79 Å². The van der Waals surface area contributed by atoms with Gasteiger partial charge in [-0.1, -0.05) is 20.8 Å². The van der Waals surface area contributed by atoms with Crippen LogP contribution in [0.15, 0.2) is 0 Å². The van der Waals surface area contributed by atoms with E-state index in [9.17, 15) is 4.79 Å². The summed E-state index contributed by atoms with van der Waals surface area (Å²) in [6.45, 7) is 7.78. The second-order valence-electron chi connectivity index (χ2n) is 5.45. The summed E-state index contributed by atoms with van der Waals surface area (Å²) in [5, 5.41) is 3.14. The van der Waals surface area contributed by atoms with Gasteiger partial charge in [-0.15, -0.1) is 0 Å². The molecule has 0 radical (unpaired) electrons. The number of likely N-dealkylation sites (N-methyl/N-ethyl adjacent to an activating group) is 1. The monoisotopic (exact) mass is 243 g/mol. The van der Waals surface area contributed by atoms with Crippen LogP contribution in [-0.4, -0.2) is 44.0 Å². The molecule has 0 aromatic carbocycles. The third-order valence-electron chi connectivity index (χ3n) is 2.98. The van der Waals surface area contributed by atoms with Crippen molar-refractivity contribution in [1.82, 2.24) is 10.2 Å². The minimum atomic E-state index is 0.0574. The molecule has 4 nitrogen and oxygen atoms in total. The molecule has 4 heteroatoms. The van der Waals surface area contributed by atoms with Crippen LogP contribution < -0.4 is 11.1 Å². The molecule has 0 bridgehead atoms. The van der Waals surface area contributed by atoms with Gasteiger partial charge in [0.05, 0.1) is 0 Å². The third-order valence-corrected chi connectivity index (χ3v) is 2.98. The normalized spacial score (nSPS) is 15.1. The van der Waals surface area contributed by atoms with Gasteiger partial charge in [-0.05, 0) is 39.4 Å². The highest BCUT2D eigenvalue weighted by Gasteiger charge is 2.20. The first-order valence-corrected chi connectivity index (χ1v) is 6.53. The smallest absolute Gasteiger partial charge is 0.223 e. The van der Waals surface area contributed by atoms with Crippen molar-refractivity contribution in [2.24, 2.45) is 17.6 Å². The van der Waals surface area contributed by atoms with Crippen LogP contribution in [0.25, 0.3) is 0 Å². The Morgan fingerprint density at radius 2 is 1.88 bits per heavy atom. The van der Waals surface area contributed by atoms with E-state index in [1.54, 1.807) is 0 Å². The quantitative estimate of drug-likeness (QED) is 0.670. The molecule has 0 aliphatic heterocycles. The van der Waals surface area contributed by atoms with E-state index >= 15 is 0 Å². The predicted molar refractivity (Wildman–Crippen MR) is 72.8 cm³/mol. The Bertz CT molecular complexity index is 217. The average Bonchev–Trinajstić information content (AvgIpc) is 2.23. The van der Waals surface area contributed by atoms with E-state index in [-0.39, 0.29) is 17.9 Å². The molecule has 102 valence electrons. The number of nitrogens with zero attached hydrogens (tertiary/aromatic N) is 1. The van der Waals surface area contributed by atoms with E-state index in [1.807, 2.05) is 21.0 Å². The molecule has 0 aromatic heterocycles. The summed E-state index contributed by atoms with van der Waals surface area (Å²) in [5.74, 6) is 0.657. The summed E-state index contributed by atoms with van der Waals surface area (Å²) in [5.41, 5.74) is 5.45. The van der Waals surface area contributed by atoms with Gasteiger partial charge in [0.15, 0.2) is 0 Å². The molecule has 2 unspecified atom stereocenters. The number of carbonyl (C=O) groups is 1. The number of carbonyl (C=O) groups excluding carboxylic acids is 1. The number of nitrogens with one attached hydrogen (secondary N) is 1. The van der Waals surface area contributed by atoms with Crippen molar-refractivity contribution in [3.8, 4) is 0 Å². The molecule has 1 amide bonds. The molecule has 0 aromatic rings. The van der Waals surface area contributed by atoms with Crippen LogP contribution in [0, 0.1) is 11.8 Å². The highest BCUT2D eigenvalue weighted by Crippen LogP contribution is 2.08. The Balaban J connectivity index is 4.20. The summed E-state index contributed by atoms with van der Waals surface area (Å²) in [6, 6.07) is 0.220. The largest absolute Gasteiger partial charge is 0.352 e. The third kappa shape index (κ3) is 7.34. The van der Waals surface area contributed by atoms with Gasteiger partial charge >= 0.3 is 0 Å². The van der Waals surface area contributed by atoms with Crippen LogP contribution in [0.3, 0.4) is 0 Å². The lowest BCUT2D eigenvalue weighted by molar-refractivity contribution is -0.125. The number of nitrogens with two attached hydrogens (primary N) is 1. The molecular formula is C13H29N3O. The van der Waals surface area contributed by atoms with E-state index in [0.29, 0.717) is 12.5 Å². The molecule has 0 rings (SSSR count). The number of hydrogen-bond acceptors (Lipinski definition) is 3. The predicted octanol–water partition coefficient (Wildman–Crippen LogP) is 1.06. The fourth-order valence-electron chi connectivity index (χ4n) is 1.70. The van der Waals surface area contributed by atoms with E-state index < -0.39 is 0 Å². The molecule has 3 N–H and O–H groups in total. The molecule has 0 saturated heterocycles. The van der Waals surface area contributed by atoms with Crippen molar-refractivity contribution in [1.29, 1.82) is 0 Å². The van der Waals surface area contributed by atoms with Crippen LogP contribution >= 0.6 is 0 Å². The minimum absolute atomic E-state index is 0.0574. The zero-order valence-corrected chi connectivity index (χ0v) is 12.0. The summed E-state index contributed by atoms with van der Waals surface area (Å²) in [7, 11) is 4.05. The molecule has 0 aliphatic rings. The summed E-state index contributed by atoms with van der Waals surface area (Å²) in [4.78, 5) is 14.1. The van der Waals surface area contributed by atoms with Gasteiger partial charge in [0.1, 0.15) is 0 Å². The fourth-order valence-corrected chi connectivity index (χ4v) is 1.70. The van der Waals surface area contributed by atoms with E-state index in [4.69, 9.17) is 5.73 Å². The standard InChI is InChI=1S/C13H29N3O/c1-10(2)12(9-16(4)5)15-13(17)11(3)7-6-8-14/h10-12H,6-9,14H2,1-5H3,(H,15,17). The first-order chi connectivity index (χ1) is 7.88. The molecule has 0 saturated carbocycles. The Morgan fingerprint density at radius 3 is 2.29 bits per heavy atom. The summed E-state index contributed by atoms with van der Waals surface area (Å²) < 4.78 is 0. The fraction of sp³-hybridized carbons (Fsp3) is 0.923. The highest BCUT2D eigenvalue weighted by molar-refractivity contribution is 5.78. The van der Waals surface area contributed by atoms with Crippen molar-refractivity contribution in [3.63, 3.8) is 0 Å². The number of rotatable bonds is 8. The van der Waals surface area contributed by atoms with Gasteiger partial charge in [-0.2, -0.15) is 0 Å². The van der Waals surface area contributed by atoms with Crippen molar-refractivity contribution >= 4 is 5.91 Å². The zero-order chi connectivity index (χ0) is 13.4. The van der Waals surface area contributed by atoms with E-state index in [1.165, 1.54) is 0 Å². The van der Waals surface area contributed by atoms with E-state index in [0.717, 1.165) is 19.4 Å². The Hall–Kier alpha value is -0.610. The Morgan fingerprint density at radius 1 is 1.29 bits per heavy atom. The van der Waals surface area contributed by atoms with Gasteiger partial charge in [-0.3, -0.25) is 4.79 Å². The van der Waals surface area contributed by atoms with Crippen molar-refractivity contribution in [3.05, 3.63) is 0 Å². The van der Waals surface area contributed by atoms with Crippen molar-refractivity contribution in [2.75, 3.05) is 27.2 Å². The molecule has 0 aliphatic carbocycles. The van der Waals surface area contributed by atoms with Crippen LogP contribution in [0.5, 0.6) is 0 Å². The average molecular weight is 243 g/mol. The lowest BCUT2D eigenvalue weighted by Gasteiger charge is -2.27. The summed E-state index contributed by atoms with van der Waals surface area (Å²) >= 11 is 0. The second kappa shape index (κ2) is 8.48. The molecule has 17 heavy (non-hydrogen) atoms.